The van der Waals surface area contributed by atoms with Crippen molar-refractivity contribution in [2.24, 2.45) is 5.73 Å². The summed E-state index contributed by atoms with van der Waals surface area (Å²) in [5.74, 6) is 0. The number of aromatic nitrogens is 2. The zero-order valence-electron chi connectivity index (χ0n) is 12.7. The summed E-state index contributed by atoms with van der Waals surface area (Å²) in [5, 5.41) is 5.15. The predicted molar refractivity (Wildman–Crippen MR) is 79.6 cm³/mol. The lowest BCUT2D eigenvalue weighted by Gasteiger charge is -2.34. The monoisotopic (exact) mass is 287 g/mol. The highest BCUT2D eigenvalue weighted by Crippen LogP contribution is 2.26. The van der Waals surface area contributed by atoms with Gasteiger partial charge in [-0.15, -0.1) is 0 Å². The second-order valence-electron chi connectivity index (χ2n) is 5.07. The molecule has 0 saturated heterocycles. The van der Waals surface area contributed by atoms with Gasteiger partial charge in [-0.1, -0.05) is 18.5 Å². The molecule has 0 bridgehead atoms. The van der Waals surface area contributed by atoms with E-state index in [-0.39, 0.29) is 11.6 Å². The van der Waals surface area contributed by atoms with E-state index in [1.165, 1.54) is 0 Å². The van der Waals surface area contributed by atoms with Gasteiger partial charge in [-0.05, 0) is 34.1 Å². The normalized spacial score (nSPS) is 16.4. The summed E-state index contributed by atoms with van der Waals surface area (Å²) in [7, 11) is 0. The van der Waals surface area contributed by atoms with Crippen LogP contribution in [0.2, 0.25) is 5.02 Å². The quantitative estimate of drug-likeness (QED) is 0.839. The molecule has 0 aliphatic carbocycles. The number of hydrogen-bond acceptors (Lipinski definition) is 3. The van der Waals surface area contributed by atoms with E-state index in [9.17, 15) is 0 Å². The van der Waals surface area contributed by atoms with Crippen molar-refractivity contribution in [3.63, 3.8) is 0 Å². The van der Waals surface area contributed by atoms with Crippen molar-refractivity contribution in [3.8, 4) is 0 Å². The van der Waals surface area contributed by atoms with Gasteiger partial charge in [0.25, 0.3) is 0 Å². The first-order valence-corrected chi connectivity index (χ1v) is 7.38. The lowest BCUT2D eigenvalue weighted by Crippen LogP contribution is -2.49. The van der Waals surface area contributed by atoms with Crippen molar-refractivity contribution in [1.29, 1.82) is 0 Å². The molecule has 1 rings (SSSR count). The van der Waals surface area contributed by atoms with Gasteiger partial charge < -0.3 is 10.5 Å². The zero-order valence-corrected chi connectivity index (χ0v) is 13.4. The summed E-state index contributed by atoms with van der Waals surface area (Å²) in [5.41, 5.74) is 7.90. The Morgan fingerprint density at radius 1 is 1.42 bits per heavy atom. The smallest absolute Gasteiger partial charge is 0.0847 e. The number of nitrogens with two attached hydrogens (primary N) is 1. The molecule has 0 aliphatic rings. The largest absolute Gasteiger partial charge is 0.374 e. The Kier molecular flexibility index (Phi) is 5.83. The summed E-state index contributed by atoms with van der Waals surface area (Å²) < 4.78 is 7.77. The van der Waals surface area contributed by atoms with E-state index in [1.807, 2.05) is 18.5 Å². The van der Waals surface area contributed by atoms with Crippen LogP contribution in [-0.2, 0) is 17.7 Å². The van der Waals surface area contributed by atoms with Crippen LogP contribution in [0.1, 0.15) is 45.5 Å². The van der Waals surface area contributed by atoms with Crippen LogP contribution in [0.4, 0.5) is 0 Å². The molecule has 2 unspecified atom stereocenters. The lowest BCUT2D eigenvalue weighted by atomic mass is 9.90. The fourth-order valence-corrected chi connectivity index (χ4v) is 2.50. The van der Waals surface area contributed by atoms with Crippen molar-refractivity contribution in [2.75, 3.05) is 6.61 Å². The van der Waals surface area contributed by atoms with Crippen LogP contribution in [0.5, 0.6) is 0 Å². The fourth-order valence-electron chi connectivity index (χ4n) is 2.29. The number of aryl methyl sites for hydroxylation is 2. The van der Waals surface area contributed by atoms with Crippen molar-refractivity contribution < 1.29 is 4.74 Å². The Labute approximate surface area is 121 Å². The molecule has 110 valence electrons. The van der Waals surface area contributed by atoms with Gasteiger partial charge in [0.05, 0.1) is 22.0 Å². The van der Waals surface area contributed by atoms with E-state index >= 15 is 0 Å². The van der Waals surface area contributed by atoms with Crippen LogP contribution in [0.15, 0.2) is 0 Å². The van der Waals surface area contributed by atoms with Gasteiger partial charge in [0.2, 0.25) is 0 Å². The van der Waals surface area contributed by atoms with Gasteiger partial charge >= 0.3 is 0 Å². The molecule has 0 radical (unpaired) electrons. The number of nitrogens with zero attached hydrogens (tertiary/aromatic N) is 2. The van der Waals surface area contributed by atoms with Crippen molar-refractivity contribution in [3.05, 3.63) is 16.4 Å². The molecule has 5 heteroatoms. The van der Waals surface area contributed by atoms with Gasteiger partial charge in [-0.25, -0.2) is 0 Å². The third-order valence-corrected chi connectivity index (χ3v) is 4.32. The lowest BCUT2D eigenvalue weighted by molar-refractivity contribution is -0.0464. The molecular formula is C14H26ClN3O. The molecule has 0 aliphatic heterocycles. The second-order valence-corrected chi connectivity index (χ2v) is 5.45. The maximum Gasteiger partial charge on any atom is 0.0847 e. The summed E-state index contributed by atoms with van der Waals surface area (Å²) in [6, 6.07) is -0.101. The molecule has 0 spiro atoms. The van der Waals surface area contributed by atoms with E-state index in [0.717, 1.165) is 29.4 Å². The zero-order chi connectivity index (χ0) is 14.6. The van der Waals surface area contributed by atoms with Crippen molar-refractivity contribution >= 4 is 11.6 Å². The summed E-state index contributed by atoms with van der Waals surface area (Å²) in [6.07, 6.45) is 1.55. The maximum absolute atomic E-state index is 6.36. The molecule has 0 saturated carbocycles. The highest BCUT2D eigenvalue weighted by molar-refractivity contribution is 6.31. The Bertz CT molecular complexity index is 419. The van der Waals surface area contributed by atoms with Gasteiger partial charge in [0, 0.05) is 25.6 Å². The van der Waals surface area contributed by atoms with E-state index in [1.54, 1.807) is 0 Å². The number of rotatable bonds is 7. The molecule has 0 aromatic carbocycles. The first-order valence-electron chi connectivity index (χ1n) is 7.00. The fraction of sp³-hybridized carbons (Fsp3) is 0.786. The average molecular weight is 288 g/mol. The molecule has 1 aromatic rings. The van der Waals surface area contributed by atoms with Gasteiger partial charge in [0.15, 0.2) is 0 Å². The van der Waals surface area contributed by atoms with Crippen LogP contribution < -0.4 is 5.73 Å². The first kappa shape index (κ1) is 16.5. The van der Waals surface area contributed by atoms with Crippen molar-refractivity contribution in [2.45, 2.75) is 65.6 Å². The number of ether oxygens (including phenoxy) is 1. The Balaban J connectivity index is 2.95. The topological polar surface area (TPSA) is 53.1 Å². The Morgan fingerprint density at radius 2 is 2.05 bits per heavy atom. The highest BCUT2D eigenvalue weighted by atomic mass is 35.5. The van der Waals surface area contributed by atoms with E-state index in [0.29, 0.717) is 13.0 Å². The van der Waals surface area contributed by atoms with Crippen LogP contribution in [-0.4, -0.2) is 28.0 Å². The Hall–Kier alpha value is -0.580. The summed E-state index contributed by atoms with van der Waals surface area (Å²) in [6.45, 7) is 11.6. The van der Waals surface area contributed by atoms with E-state index in [4.69, 9.17) is 22.1 Å². The summed E-state index contributed by atoms with van der Waals surface area (Å²) in [4.78, 5) is 0. The maximum atomic E-state index is 6.36. The second kappa shape index (κ2) is 6.73. The minimum Gasteiger partial charge on any atom is -0.374 e. The molecule has 0 fully saturated rings. The molecule has 0 amide bonds. The predicted octanol–water partition coefficient (Wildman–Crippen LogP) is 2.94. The standard InChI is InChI=1S/C14H26ClN3O/c1-6-14(5,19-8-3)12(16)9-11-13(15)10(4)17-18(11)7-2/h12H,6-9,16H2,1-5H3. The number of hydrogen-bond donors (Lipinski definition) is 1. The summed E-state index contributed by atoms with van der Waals surface area (Å²) >= 11 is 6.33. The van der Waals surface area contributed by atoms with Crippen LogP contribution in [0, 0.1) is 6.92 Å². The third kappa shape index (κ3) is 3.50. The molecule has 1 heterocycles. The van der Waals surface area contributed by atoms with E-state index < -0.39 is 0 Å². The minimum atomic E-state index is -0.325. The molecule has 1 aromatic heterocycles. The molecule has 2 atom stereocenters. The van der Waals surface area contributed by atoms with E-state index in [2.05, 4.69) is 25.9 Å². The molecule has 4 nitrogen and oxygen atoms in total. The molecule has 19 heavy (non-hydrogen) atoms. The van der Waals surface area contributed by atoms with Crippen molar-refractivity contribution in [1.82, 2.24) is 9.78 Å². The first-order chi connectivity index (χ1) is 8.89. The minimum absolute atomic E-state index is 0.101. The average Bonchev–Trinajstić information content (AvgIpc) is 2.66. The third-order valence-electron chi connectivity index (χ3n) is 3.83. The van der Waals surface area contributed by atoms with Gasteiger partial charge in [0.1, 0.15) is 0 Å². The van der Waals surface area contributed by atoms with Crippen LogP contribution >= 0.6 is 11.6 Å². The van der Waals surface area contributed by atoms with Crippen LogP contribution in [0.3, 0.4) is 0 Å². The number of halogens is 1. The Morgan fingerprint density at radius 3 is 2.53 bits per heavy atom. The molecule has 2 N–H and O–H groups in total. The van der Waals surface area contributed by atoms with Crippen LogP contribution in [0.25, 0.3) is 0 Å². The van der Waals surface area contributed by atoms with Gasteiger partial charge in [-0.3, -0.25) is 4.68 Å². The molecular weight excluding hydrogens is 262 g/mol. The SMILES string of the molecule is CCOC(C)(CC)C(N)Cc1c(Cl)c(C)nn1CC. The highest BCUT2D eigenvalue weighted by Gasteiger charge is 2.32. The van der Waals surface area contributed by atoms with Gasteiger partial charge in [-0.2, -0.15) is 5.10 Å².